The summed E-state index contributed by atoms with van der Waals surface area (Å²) in [4.78, 5) is 20.0. The van der Waals surface area contributed by atoms with Crippen LogP contribution < -0.4 is 5.32 Å². The fraction of sp³-hybridized carbons (Fsp3) is 0.636. The molecule has 2 aliphatic rings. The first-order valence-electron chi connectivity index (χ1n) is 10.5. The average molecular weight is 386 g/mol. The minimum Gasteiger partial charge on any atom is -0.352 e. The maximum Gasteiger partial charge on any atom is 0.237 e. The number of benzene rings is 1. The largest absolute Gasteiger partial charge is 0.352 e. The molecule has 2 fully saturated rings. The number of aromatic nitrogens is 1. The van der Waals surface area contributed by atoms with Gasteiger partial charge >= 0.3 is 0 Å². The van der Waals surface area contributed by atoms with E-state index in [4.69, 9.17) is 4.98 Å². The molecule has 1 aliphatic carbocycles. The average Bonchev–Trinajstić information content (AvgIpc) is 3.13. The summed E-state index contributed by atoms with van der Waals surface area (Å²) >= 11 is 1.83. The maximum atomic E-state index is 12.8. The van der Waals surface area contributed by atoms with E-state index in [1.54, 1.807) is 0 Å². The lowest BCUT2D eigenvalue weighted by atomic mass is 9.86. The highest BCUT2D eigenvalue weighted by atomic mass is 32.1. The summed E-state index contributed by atoms with van der Waals surface area (Å²) in [5, 5.41) is 4.60. The molecule has 1 aromatic carbocycles. The van der Waals surface area contributed by atoms with E-state index >= 15 is 0 Å². The number of likely N-dealkylation sites (tertiary alicyclic amines) is 1. The second kappa shape index (κ2) is 8.27. The Morgan fingerprint density at radius 2 is 1.93 bits per heavy atom. The standard InChI is InChI=1S/C22H31N3OS/c1-15-7-3-4-8-18(15)23-21(26)16(2)25-13-11-17(12-14-25)22-24-19-9-5-6-10-20(19)27-22/h5-6,9-10,15-18H,3-4,7-8,11-14H2,1-2H3,(H,23,26)/t15-,16+,18+/m0/s1. The number of thiazole rings is 1. The molecule has 1 N–H and O–H groups in total. The lowest BCUT2D eigenvalue weighted by molar-refractivity contribution is -0.127. The van der Waals surface area contributed by atoms with Gasteiger partial charge in [0.25, 0.3) is 0 Å². The Balaban J connectivity index is 1.32. The molecule has 0 unspecified atom stereocenters. The number of fused-ring (bicyclic) bond motifs is 1. The Morgan fingerprint density at radius 3 is 2.67 bits per heavy atom. The van der Waals surface area contributed by atoms with Gasteiger partial charge < -0.3 is 5.32 Å². The summed E-state index contributed by atoms with van der Waals surface area (Å²) in [6.07, 6.45) is 7.13. The van der Waals surface area contributed by atoms with Crippen molar-refractivity contribution in [2.75, 3.05) is 13.1 Å². The normalized spacial score (nSPS) is 26.1. The van der Waals surface area contributed by atoms with E-state index in [9.17, 15) is 4.79 Å². The number of rotatable bonds is 4. The first kappa shape index (κ1) is 18.9. The third kappa shape index (κ3) is 4.19. The van der Waals surface area contributed by atoms with Crippen LogP contribution in [-0.4, -0.2) is 41.0 Å². The Bertz CT molecular complexity index is 748. The highest BCUT2D eigenvalue weighted by molar-refractivity contribution is 7.18. The van der Waals surface area contributed by atoms with E-state index in [1.807, 2.05) is 11.3 Å². The van der Waals surface area contributed by atoms with E-state index in [0.717, 1.165) is 37.9 Å². The van der Waals surface area contributed by atoms with E-state index in [2.05, 4.69) is 48.3 Å². The Hall–Kier alpha value is -1.46. The zero-order valence-corrected chi connectivity index (χ0v) is 17.3. The summed E-state index contributed by atoms with van der Waals surface area (Å²) in [5.41, 5.74) is 1.12. The van der Waals surface area contributed by atoms with Gasteiger partial charge in [0.2, 0.25) is 5.91 Å². The molecule has 146 valence electrons. The van der Waals surface area contributed by atoms with Crippen molar-refractivity contribution in [1.29, 1.82) is 0 Å². The number of carbonyl (C=O) groups is 1. The molecule has 27 heavy (non-hydrogen) atoms. The van der Waals surface area contributed by atoms with Crippen LogP contribution in [0.5, 0.6) is 0 Å². The van der Waals surface area contributed by atoms with Gasteiger partial charge in [-0.05, 0) is 63.7 Å². The molecule has 5 heteroatoms. The van der Waals surface area contributed by atoms with Gasteiger partial charge in [0.1, 0.15) is 0 Å². The lowest BCUT2D eigenvalue weighted by Crippen LogP contribution is -2.52. The number of piperidine rings is 1. The van der Waals surface area contributed by atoms with E-state index < -0.39 is 0 Å². The summed E-state index contributed by atoms with van der Waals surface area (Å²) in [6, 6.07) is 8.74. The fourth-order valence-electron chi connectivity index (χ4n) is 4.60. The molecule has 1 amide bonds. The van der Waals surface area contributed by atoms with Crippen molar-refractivity contribution >= 4 is 27.5 Å². The highest BCUT2D eigenvalue weighted by Gasteiger charge is 2.31. The minimum absolute atomic E-state index is 0.0320. The molecular weight excluding hydrogens is 354 g/mol. The number of amides is 1. The van der Waals surface area contributed by atoms with Gasteiger partial charge in [-0.2, -0.15) is 0 Å². The predicted molar refractivity (Wildman–Crippen MR) is 112 cm³/mol. The van der Waals surface area contributed by atoms with Crippen molar-refractivity contribution in [2.45, 2.75) is 70.4 Å². The first-order valence-corrected chi connectivity index (χ1v) is 11.3. The van der Waals surface area contributed by atoms with E-state index in [-0.39, 0.29) is 11.9 Å². The van der Waals surface area contributed by atoms with E-state index in [0.29, 0.717) is 17.9 Å². The third-order valence-electron chi connectivity index (χ3n) is 6.56. The molecule has 1 saturated heterocycles. The summed E-state index contributed by atoms with van der Waals surface area (Å²) in [5.74, 6) is 1.36. The SMILES string of the molecule is C[C@H](C(=O)N[C@@H]1CCCC[C@@H]1C)N1CCC(c2nc3ccccc3s2)CC1. The summed E-state index contributed by atoms with van der Waals surface area (Å²) in [7, 11) is 0. The van der Waals surface area contributed by atoms with Crippen molar-refractivity contribution in [1.82, 2.24) is 15.2 Å². The molecule has 2 heterocycles. The van der Waals surface area contributed by atoms with Crippen molar-refractivity contribution in [3.63, 3.8) is 0 Å². The molecule has 1 aliphatic heterocycles. The van der Waals surface area contributed by atoms with Gasteiger partial charge in [-0.3, -0.25) is 9.69 Å². The molecule has 4 nitrogen and oxygen atoms in total. The Labute approximate surface area is 166 Å². The molecule has 0 bridgehead atoms. The van der Waals surface area contributed by atoms with Crippen LogP contribution in [0.2, 0.25) is 0 Å². The monoisotopic (exact) mass is 385 g/mol. The molecule has 1 saturated carbocycles. The van der Waals surface area contributed by atoms with Crippen LogP contribution >= 0.6 is 11.3 Å². The first-order chi connectivity index (χ1) is 13.1. The number of hydrogen-bond acceptors (Lipinski definition) is 4. The molecular formula is C22H31N3OS. The second-order valence-electron chi connectivity index (χ2n) is 8.38. The topological polar surface area (TPSA) is 45.2 Å². The Kier molecular flexibility index (Phi) is 5.79. The van der Waals surface area contributed by atoms with Crippen LogP contribution in [0.1, 0.15) is 63.3 Å². The van der Waals surface area contributed by atoms with Crippen molar-refractivity contribution in [2.24, 2.45) is 5.92 Å². The second-order valence-corrected chi connectivity index (χ2v) is 9.45. The van der Waals surface area contributed by atoms with Crippen LogP contribution in [0.3, 0.4) is 0 Å². The van der Waals surface area contributed by atoms with Crippen LogP contribution in [0, 0.1) is 5.92 Å². The van der Waals surface area contributed by atoms with Crippen LogP contribution in [0.25, 0.3) is 10.2 Å². The zero-order chi connectivity index (χ0) is 18.8. The fourth-order valence-corrected chi connectivity index (χ4v) is 5.73. The predicted octanol–water partition coefficient (Wildman–Crippen LogP) is 4.56. The molecule has 0 radical (unpaired) electrons. The van der Waals surface area contributed by atoms with Crippen molar-refractivity contribution in [3.05, 3.63) is 29.3 Å². The molecule has 0 spiro atoms. The van der Waals surface area contributed by atoms with Crippen molar-refractivity contribution < 1.29 is 4.79 Å². The highest BCUT2D eigenvalue weighted by Crippen LogP contribution is 2.34. The van der Waals surface area contributed by atoms with Crippen molar-refractivity contribution in [3.8, 4) is 0 Å². The maximum absolute atomic E-state index is 12.8. The van der Waals surface area contributed by atoms with Gasteiger partial charge in [0.05, 0.1) is 21.3 Å². The quantitative estimate of drug-likeness (QED) is 0.839. The van der Waals surface area contributed by atoms with Gasteiger partial charge in [-0.25, -0.2) is 4.98 Å². The molecule has 2 aromatic rings. The summed E-state index contributed by atoms with van der Waals surface area (Å²) in [6.45, 7) is 6.31. The number of nitrogens with one attached hydrogen (secondary N) is 1. The lowest BCUT2D eigenvalue weighted by Gasteiger charge is -2.36. The Morgan fingerprint density at radius 1 is 1.19 bits per heavy atom. The van der Waals surface area contributed by atoms with Gasteiger partial charge in [-0.1, -0.05) is 31.9 Å². The third-order valence-corrected chi connectivity index (χ3v) is 7.75. The molecule has 1 aromatic heterocycles. The number of nitrogens with zero attached hydrogens (tertiary/aromatic N) is 2. The molecule has 3 atom stereocenters. The van der Waals surface area contributed by atoms with Gasteiger partial charge in [0, 0.05) is 12.0 Å². The summed E-state index contributed by atoms with van der Waals surface area (Å²) < 4.78 is 1.28. The smallest absolute Gasteiger partial charge is 0.237 e. The van der Waals surface area contributed by atoms with Crippen LogP contribution in [-0.2, 0) is 4.79 Å². The zero-order valence-electron chi connectivity index (χ0n) is 16.5. The van der Waals surface area contributed by atoms with Gasteiger partial charge in [-0.15, -0.1) is 11.3 Å². The van der Waals surface area contributed by atoms with Gasteiger partial charge in [0.15, 0.2) is 0 Å². The van der Waals surface area contributed by atoms with E-state index in [1.165, 1.54) is 29.0 Å². The van der Waals surface area contributed by atoms with Crippen LogP contribution in [0.4, 0.5) is 0 Å². The molecule has 4 rings (SSSR count). The minimum atomic E-state index is -0.0320. The number of carbonyl (C=O) groups excluding carboxylic acids is 1. The number of hydrogen-bond donors (Lipinski definition) is 1. The number of para-hydroxylation sites is 1. The van der Waals surface area contributed by atoms with Crippen LogP contribution in [0.15, 0.2) is 24.3 Å².